The predicted octanol–water partition coefficient (Wildman–Crippen LogP) is -0.764. The average molecular weight is 279 g/mol. The van der Waals surface area contributed by atoms with E-state index in [4.69, 9.17) is 4.74 Å². The van der Waals surface area contributed by atoms with Crippen molar-refractivity contribution in [2.24, 2.45) is 0 Å². The topological polar surface area (TPSA) is 70.7 Å². The molecular weight excluding hydrogens is 254 g/mol. The molecule has 6 nitrogen and oxygen atoms in total. The SMILES string of the molecule is CCC(COC)NS(=O)(=O)CCN1CCNCC1. The molecular formula is C11H25N3O3S. The van der Waals surface area contributed by atoms with Gasteiger partial charge in [0.25, 0.3) is 0 Å². The van der Waals surface area contributed by atoms with E-state index in [0.29, 0.717) is 13.2 Å². The first-order valence-corrected chi connectivity index (χ1v) is 8.14. The lowest BCUT2D eigenvalue weighted by Gasteiger charge is -2.27. The number of nitrogens with one attached hydrogen (secondary N) is 2. The van der Waals surface area contributed by atoms with E-state index in [1.165, 1.54) is 0 Å². The van der Waals surface area contributed by atoms with Gasteiger partial charge in [-0.15, -0.1) is 0 Å². The van der Waals surface area contributed by atoms with Gasteiger partial charge in [-0.05, 0) is 6.42 Å². The molecule has 1 heterocycles. The molecule has 7 heteroatoms. The van der Waals surface area contributed by atoms with Gasteiger partial charge >= 0.3 is 0 Å². The Labute approximate surface area is 110 Å². The fraction of sp³-hybridized carbons (Fsp3) is 1.00. The highest BCUT2D eigenvalue weighted by molar-refractivity contribution is 7.89. The van der Waals surface area contributed by atoms with Gasteiger partial charge in [0.2, 0.25) is 10.0 Å². The maximum Gasteiger partial charge on any atom is 0.213 e. The molecule has 0 spiro atoms. The third-order valence-electron chi connectivity index (χ3n) is 3.09. The van der Waals surface area contributed by atoms with Crippen LogP contribution in [0.15, 0.2) is 0 Å². The molecule has 0 saturated carbocycles. The summed E-state index contributed by atoms with van der Waals surface area (Å²) in [4.78, 5) is 2.17. The van der Waals surface area contributed by atoms with Crippen LogP contribution >= 0.6 is 0 Å². The first-order chi connectivity index (χ1) is 8.57. The second-order valence-corrected chi connectivity index (χ2v) is 6.46. The maximum atomic E-state index is 11.9. The van der Waals surface area contributed by atoms with Crippen molar-refractivity contribution in [1.29, 1.82) is 0 Å². The van der Waals surface area contributed by atoms with Crippen molar-refractivity contribution in [3.63, 3.8) is 0 Å². The molecule has 1 fully saturated rings. The minimum Gasteiger partial charge on any atom is -0.383 e. The van der Waals surface area contributed by atoms with E-state index in [1.54, 1.807) is 7.11 Å². The molecule has 108 valence electrons. The molecule has 1 rings (SSSR count). The molecule has 0 aliphatic carbocycles. The van der Waals surface area contributed by atoms with E-state index in [1.807, 2.05) is 6.92 Å². The smallest absolute Gasteiger partial charge is 0.213 e. The van der Waals surface area contributed by atoms with E-state index in [2.05, 4.69) is 14.9 Å². The van der Waals surface area contributed by atoms with Crippen LogP contribution in [-0.4, -0.2) is 71.6 Å². The summed E-state index contributed by atoms with van der Waals surface area (Å²) in [7, 11) is -1.63. The Kier molecular flexibility index (Phi) is 7.10. The molecule has 2 N–H and O–H groups in total. The van der Waals surface area contributed by atoms with Gasteiger partial charge < -0.3 is 10.1 Å². The summed E-state index contributed by atoms with van der Waals surface area (Å²) in [5, 5.41) is 3.25. The lowest BCUT2D eigenvalue weighted by molar-refractivity contribution is 0.173. The van der Waals surface area contributed by atoms with Crippen molar-refractivity contribution in [2.45, 2.75) is 19.4 Å². The summed E-state index contributed by atoms with van der Waals surface area (Å²) in [6, 6.07) is -0.122. The van der Waals surface area contributed by atoms with E-state index in [9.17, 15) is 8.42 Å². The molecule has 0 amide bonds. The van der Waals surface area contributed by atoms with E-state index < -0.39 is 10.0 Å². The van der Waals surface area contributed by atoms with Crippen LogP contribution < -0.4 is 10.0 Å². The maximum absolute atomic E-state index is 11.9. The minimum atomic E-state index is -3.21. The van der Waals surface area contributed by atoms with Crippen LogP contribution in [0.4, 0.5) is 0 Å². The van der Waals surface area contributed by atoms with Gasteiger partial charge in [-0.25, -0.2) is 13.1 Å². The molecule has 0 aromatic carbocycles. The lowest BCUT2D eigenvalue weighted by atomic mass is 10.3. The Bertz CT molecular complexity index is 315. The standard InChI is InChI=1S/C11H25N3O3S/c1-3-11(10-17-2)13-18(15,16)9-8-14-6-4-12-5-7-14/h11-13H,3-10H2,1-2H3. The molecule has 0 aromatic rings. The van der Waals surface area contributed by atoms with Crippen LogP contribution in [-0.2, 0) is 14.8 Å². The Morgan fingerprint density at radius 2 is 2.06 bits per heavy atom. The molecule has 1 atom stereocenters. The fourth-order valence-corrected chi connectivity index (χ4v) is 3.29. The van der Waals surface area contributed by atoms with Crippen LogP contribution in [0.2, 0.25) is 0 Å². The highest BCUT2D eigenvalue weighted by atomic mass is 32.2. The number of ether oxygens (including phenoxy) is 1. The van der Waals surface area contributed by atoms with E-state index in [0.717, 1.165) is 32.6 Å². The van der Waals surface area contributed by atoms with Crippen molar-refractivity contribution in [3.8, 4) is 0 Å². The number of sulfonamides is 1. The van der Waals surface area contributed by atoms with Crippen LogP contribution in [0, 0.1) is 0 Å². The van der Waals surface area contributed by atoms with Crippen molar-refractivity contribution < 1.29 is 13.2 Å². The molecule has 18 heavy (non-hydrogen) atoms. The molecule has 1 aliphatic rings. The van der Waals surface area contributed by atoms with Gasteiger partial charge in [0.05, 0.1) is 12.4 Å². The van der Waals surface area contributed by atoms with Crippen LogP contribution in [0.3, 0.4) is 0 Å². The summed E-state index contributed by atoms with van der Waals surface area (Å²) >= 11 is 0. The van der Waals surface area contributed by atoms with Gasteiger partial charge in [0.15, 0.2) is 0 Å². The normalized spacial score (nSPS) is 19.9. The number of rotatable bonds is 8. The highest BCUT2D eigenvalue weighted by Gasteiger charge is 2.18. The Hall–Kier alpha value is -0.210. The monoisotopic (exact) mass is 279 g/mol. The summed E-state index contributed by atoms with van der Waals surface area (Å²) in [5.41, 5.74) is 0. The van der Waals surface area contributed by atoms with Crippen molar-refractivity contribution >= 4 is 10.0 Å². The van der Waals surface area contributed by atoms with E-state index >= 15 is 0 Å². The molecule has 1 aliphatic heterocycles. The van der Waals surface area contributed by atoms with Crippen molar-refractivity contribution in [3.05, 3.63) is 0 Å². The number of piperazine rings is 1. The lowest BCUT2D eigenvalue weighted by Crippen LogP contribution is -2.47. The summed E-state index contributed by atoms with van der Waals surface area (Å²) in [6.07, 6.45) is 0.737. The molecule has 0 aromatic heterocycles. The third kappa shape index (κ3) is 6.10. The van der Waals surface area contributed by atoms with Gasteiger partial charge in [-0.3, -0.25) is 4.90 Å². The molecule has 0 radical (unpaired) electrons. The third-order valence-corrected chi connectivity index (χ3v) is 4.51. The predicted molar refractivity (Wildman–Crippen MR) is 72.2 cm³/mol. The number of nitrogens with zero attached hydrogens (tertiary/aromatic N) is 1. The van der Waals surface area contributed by atoms with Crippen LogP contribution in [0.1, 0.15) is 13.3 Å². The number of hydrogen-bond donors (Lipinski definition) is 2. The Morgan fingerprint density at radius 3 is 2.61 bits per heavy atom. The first-order valence-electron chi connectivity index (χ1n) is 6.49. The van der Waals surface area contributed by atoms with E-state index in [-0.39, 0.29) is 11.8 Å². The summed E-state index contributed by atoms with van der Waals surface area (Å²) < 4.78 is 31.5. The van der Waals surface area contributed by atoms with Gasteiger partial charge in [0, 0.05) is 45.9 Å². The number of hydrogen-bond acceptors (Lipinski definition) is 5. The molecule has 0 bridgehead atoms. The Morgan fingerprint density at radius 1 is 1.39 bits per heavy atom. The number of methoxy groups -OCH3 is 1. The zero-order chi connectivity index (χ0) is 13.4. The first kappa shape index (κ1) is 15.8. The second kappa shape index (κ2) is 8.06. The largest absolute Gasteiger partial charge is 0.383 e. The fourth-order valence-electron chi connectivity index (χ4n) is 1.93. The van der Waals surface area contributed by atoms with Crippen LogP contribution in [0.5, 0.6) is 0 Å². The Balaban J connectivity index is 2.33. The average Bonchev–Trinajstić information content (AvgIpc) is 2.37. The zero-order valence-corrected chi connectivity index (χ0v) is 12.1. The molecule has 1 unspecified atom stereocenters. The van der Waals surface area contributed by atoms with Gasteiger partial charge in [0.1, 0.15) is 0 Å². The van der Waals surface area contributed by atoms with Crippen molar-refractivity contribution in [2.75, 3.05) is 52.2 Å². The summed E-state index contributed by atoms with van der Waals surface area (Å²) in [5.74, 6) is 0.160. The summed E-state index contributed by atoms with van der Waals surface area (Å²) in [6.45, 7) is 6.69. The van der Waals surface area contributed by atoms with Gasteiger partial charge in [-0.1, -0.05) is 6.92 Å². The molecule has 1 saturated heterocycles. The second-order valence-electron chi connectivity index (χ2n) is 4.59. The quantitative estimate of drug-likeness (QED) is 0.611. The highest BCUT2D eigenvalue weighted by Crippen LogP contribution is 1.98. The zero-order valence-electron chi connectivity index (χ0n) is 11.3. The minimum absolute atomic E-state index is 0.122. The van der Waals surface area contributed by atoms with Crippen LogP contribution in [0.25, 0.3) is 0 Å². The van der Waals surface area contributed by atoms with Crippen molar-refractivity contribution in [1.82, 2.24) is 14.9 Å². The van der Waals surface area contributed by atoms with Gasteiger partial charge in [-0.2, -0.15) is 0 Å².